The third-order valence-electron chi connectivity index (χ3n) is 6.41. The molecule has 3 amide bonds. The highest BCUT2D eigenvalue weighted by Crippen LogP contribution is 2.48. The van der Waals surface area contributed by atoms with Gasteiger partial charge in [-0.15, -0.1) is 0 Å². The molecule has 0 aliphatic carbocycles. The second kappa shape index (κ2) is 8.72. The van der Waals surface area contributed by atoms with Gasteiger partial charge < -0.3 is 9.64 Å². The van der Waals surface area contributed by atoms with Crippen LogP contribution in [0.3, 0.4) is 0 Å². The molecule has 2 heterocycles. The number of carbonyl (C=O) groups is 3. The number of amides is 3. The highest BCUT2D eigenvalue weighted by molar-refractivity contribution is 9.10. The zero-order valence-electron chi connectivity index (χ0n) is 18.9. The molecule has 0 unspecified atom stereocenters. The summed E-state index contributed by atoms with van der Waals surface area (Å²) >= 11 is 9.76. The van der Waals surface area contributed by atoms with Crippen LogP contribution in [-0.4, -0.2) is 40.7 Å². The van der Waals surface area contributed by atoms with E-state index >= 15 is 0 Å². The fraction of sp³-hybridized carbons (Fsp3) is 0.160. The van der Waals surface area contributed by atoms with Gasteiger partial charge in [-0.25, -0.2) is 0 Å². The Morgan fingerprint density at radius 2 is 1.75 bits per heavy atom. The Morgan fingerprint density at radius 1 is 1.00 bits per heavy atom. The van der Waals surface area contributed by atoms with Crippen molar-refractivity contribution in [2.75, 3.05) is 12.0 Å². The number of hydrogen-bond donors (Lipinski definition) is 0. The van der Waals surface area contributed by atoms with Crippen molar-refractivity contribution < 1.29 is 24.0 Å². The van der Waals surface area contributed by atoms with Gasteiger partial charge >= 0.3 is 0 Å². The molecule has 2 aliphatic rings. The van der Waals surface area contributed by atoms with Crippen molar-refractivity contribution in [1.82, 2.24) is 4.90 Å². The number of aryl methyl sites for hydroxylation is 1. The number of benzene rings is 3. The highest BCUT2D eigenvalue weighted by Gasteiger charge is 2.59. The summed E-state index contributed by atoms with van der Waals surface area (Å²) in [5.74, 6) is -1.75. The van der Waals surface area contributed by atoms with Crippen LogP contribution in [0.15, 0.2) is 59.1 Å². The molecule has 0 aromatic heterocycles. The molecule has 11 heteroatoms. The van der Waals surface area contributed by atoms with Crippen molar-refractivity contribution in [2.45, 2.75) is 19.0 Å². The van der Waals surface area contributed by atoms with E-state index in [1.165, 1.54) is 24.1 Å². The SMILES string of the molecule is COc1ccc(Br)cc1[C@@H]1[C@@H](N2C(=O)c3cccc([N+](=O)[O-])c3C2=O)C(=O)N1c1ccc(C)c(Cl)c1. The topological polar surface area (TPSA) is 110 Å². The number of anilines is 1. The van der Waals surface area contributed by atoms with Gasteiger partial charge in [0.1, 0.15) is 17.4 Å². The van der Waals surface area contributed by atoms with Gasteiger partial charge in [0, 0.05) is 26.8 Å². The summed E-state index contributed by atoms with van der Waals surface area (Å²) < 4.78 is 6.22. The van der Waals surface area contributed by atoms with Crippen LogP contribution < -0.4 is 9.64 Å². The van der Waals surface area contributed by atoms with Gasteiger partial charge in [0.05, 0.1) is 23.6 Å². The predicted molar refractivity (Wildman–Crippen MR) is 134 cm³/mol. The maximum atomic E-state index is 13.6. The first-order valence-electron chi connectivity index (χ1n) is 10.7. The Hall–Kier alpha value is -3.76. The van der Waals surface area contributed by atoms with Gasteiger partial charge in [0.25, 0.3) is 23.4 Å². The lowest BCUT2D eigenvalue weighted by Gasteiger charge is -2.50. The molecule has 1 saturated heterocycles. The number of ether oxygens (including phenoxy) is 1. The van der Waals surface area contributed by atoms with Crippen LogP contribution in [0.5, 0.6) is 5.75 Å². The second-order valence-corrected chi connectivity index (χ2v) is 9.68. The highest BCUT2D eigenvalue weighted by atomic mass is 79.9. The first-order chi connectivity index (χ1) is 17.1. The molecule has 2 atom stereocenters. The summed E-state index contributed by atoms with van der Waals surface area (Å²) in [6.07, 6.45) is 0. The number of imide groups is 1. The third-order valence-corrected chi connectivity index (χ3v) is 7.31. The Balaban J connectivity index is 1.66. The van der Waals surface area contributed by atoms with E-state index in [2.05, 4.69) is 15.9 Å². The summed E-state index contributed by atoms with van der Waals surface area (Å²) in [7, 11) is 1.47. The standard InChI is InChI=1S/C25H17BrClN3O6/c1-12-6-8-14(11-17(12)27)28-21(16-10-13(26)7-9-19(16)36-2)22(25(28)33)29-23(31)15-4-3-5-18(30(34)35)20(15)24(29)32/h3-11,21-22H,1-2H3/t21-,22-/m1/s1. The van der Waals surface area contributed by atoms with E-state index in [0.29, 0.717) is 26.5 Å². The molecule has 3 aromatic rings. The van der Waals surface area contributed by atoms with E-state index in [0.717, 1.165) is 16.5 Å². The summed E-state index contributed by atoms with van der Waals surface area (Å²) in [6.45, 7) is 1.83. The molecule has 0 N–H and O–H groups in total. The van der Waals surface area contributed by atoms with Crippen molar-refractivity contribution >= 4 is 56.6 Å². The molecule has 0 saturated carbocycles. The number of halogens is 2. The van der Waals surface area contributed by atoms with Gasteiger partial charge in [-0.3, -0.25) is 29.4 Å². The van der Waals surface area contributed by atoms with Crippen LogP contribution in [0.4, 0.5) is 11.4 Å². The number of nitro groups is 1. The van der Waals surface area contributed by atoms with Gasteiger partial charge in [0.15, 0.2) is 0 Å². The minimum atomic E-state index is -1.25. The molecule has 0 radical (unpaired) electrons. The first-order valence-corrected chi connectivity index (χ1v) is 11.9. The van der Waals surface area contributed by atoms with E-state index in [1.807, 2.05) is 6.92 Å². The third kappa shape index (κ3) is 3.48. The zero-order valence-corrected chi connectivity index (χ0v) is 21.2. The quantitative estimate of drug-likeness (QED) is 0.183. The average Bonchev–Trinajstić information content (AvgIpc) is 3.09. The molecule has 182 valence electrons. The first kappa shape index (κ1) is 24.0. The molecule has 2 aliphatic heterocycles. The van der Waals surface area contributed by atoms with E-state index in [1.54, 1.807) is 36.4 Å². The molecule has 9 nitrogen and oxygen atoms in total. The van der Waals surface area contributed by atoms with Crippen molar-refractivity contribution in [3.05, 3.63) is 96.5 Å². The Kier molecular flexibility index (Phi) is 5.80. The molecule has 5 rings (SSSR count). The lowest BCUT2D eigenvalue weighted by atomic mass is 9.85. The van der Waals surface area contributed by atoms with Crippen LogP contribution in [-0.2, 0) is 4.79 Å². The molecule has 36 heavy (non-hydrogen) atoms. The largest absolute Gasteiger partial charge is 0.496 e. The van der Waals surface area contributed by atoms with Crippen LogP contribution in [0.1, 0.15) is 37.9 Å². The number of methoxy groups -OCH3 is 1. The minimum Gasteiger partial charge on any atom is -0.496 e. The van der Waals surface area contributed by atoms with Gasteiger partial charge in [-0.2, -0.15) is 0 Å². The van der Waals surface area contributed by atoms with Crippen LogP contribution >= 0.6 is 27.5 Å². The number of hydrogen-bond acceptors (Lipinski definition) is 6. The van der Waals surface area contributed by atoms with Gasteiger partial charge in [-0.1, -0.05) is 39.7 Å². The minimum absolute atomic E-state index is 0.112. The number of carbonyl (C=O) groups excluding carboxylic acids is 3. The fourth-order valence-electron chi connectivity index (χ4n) is 4.68. The summed E-state index contributed by atoms with van der Waals surface area (Å²) in [6, 6.07) is 12.1. The monoisotopic (exact) mass is 569 g/mol. The van der Waals surface area contributed by atoms with Crippen molar-refractivity contribution in [3.63, 3.8) is 0 Å². The summed E-state index contributed by atoms with van der Waals surface area (Å²) in [4.78, 5) is 53.5. The van der Waals surface area contributed by atoms with Gasteiger partial charge in [-0.05, 0) is 48.9 Å². The zero-order chi connectivity index (χ0) is 25.9. The number of β-lactam (4-membered cyclic amide) rings is 1. The van der Waals surface area contributed by atoms with E-state index in [4.69, 9.17) is 16.3 Å². The molecule has 3 aromatic carbocycles. The smallest absolute Gasteiger partial charge is 0.282 e. The molecule has 0 spiro atoms. The molecule has 0 bridgehead atoms. The van der Waals surface area contributed by atoms with E-state index in [9.17, 15) is 24.5 Å². The van der Waals surface area contributed by atoms with Crippen LogP contribution in [0.2, 0.25) is 5.02 Å². The normalized spacial score (nSPS) is 18.8. The summed E-state index contributed by atoms with van der Waals surface area (Å²) in [5, 5.41) is 12.0. The Labute approximate surface area is 218 Å². The maximum absolute atomic E-state index is 13.6. The lowest BCUT2D eigenvalue weighted by Crippen LogP contribution is -2.67. The molecular formula is C25H17BrClN3O6. The molecule has 1 fully saturated rings. The molecular weight excluding hydrogens is 554 g/mol. The van der Waals surface area contributed by atoms with Crippen LogP contribution in [0.25, 0.3) is 0 Å². The van der Waals surface area contributed by atoms with E-state index in [-0.39, 0.29) is 11.1 Å². The van der Waals surface area contributed by atoms with Crippen molar-refractivity contribution in [3.8, 4) is 5.75 Å². The van der Waals surface area contributed by atoms with Crippen molar-refractivity contribution in [2.24, 2.45) is 0 Å². The average molecular weight is 571 g/mol. The fourth-order valence-corrected chi connectivity index (χ4v) is 5.23. The number of rotatable bonds is 5. The number of fused-ring (bicyclic) bond motifs is 1. The summed E-state index contributed by atoms with van der Waals surface area (Å²) in [5.41, 5.74) is 0.907. The number of nitrogens with zero attached hydrogens (tertiary/aromatic N) is 3. The number of nitro benzene ring substituents is 1. The Bertz CT molecular complexity index is 1490. The second-order valence-electron chi connectivity index (χ2n) is 8.35. The van der Waals surface area contributed by atoms with Crippen LogP contribution in [0, 0.1) is 17.0 Å². The predicted octanol–water partition coefficient (Wildman–Crippen LogP) is 5.08. The van der Waals surface area contributed by atoms with Gasteiger partial charge in [0.2, 0.25) is 0 Å². The Morgan fingerprint density at radius 3 is 2.42 bits per heavy atom. The van der Waals surface area contributed by atoms with Crippen molar-refractivity contribution in [1.29, 1.82) is 0 Å². The maximum Gasteiger partial charge on any atom is 0.282 e. The lowest BCUT2D eigenvalue weighted by molar-refractivity contribution is -0.385. The van der Waals surface area contributed by atoms with E-state index < -0.39 is 40.4 Å².